The van der Waals surface area contributed by atoms with E-state index in [2.05, 4.69) is 0 Å². The first-order valence-corrected chi connectivity index (χ1v) is 6.26. The van der Waals surface area contributed by atoms with E-state index >= 15 is 0 Å². The van der Waals surface area contributed by atoms with E-state index in [0.29, 0.717) is 18.4 Å². The molecular formula is C12H22N2O2. The number of amides is 1. The minimum absolute atomic E-state index is 0.165. The lowest BCUT2D eigenvalue weighted by Crippen LogP contribution is -2.43. The maximum Gasteiger partial charge on any atom is 0.224 e. The Kier molecular flexibility index (Phi) is 3.82. The molecule has 0 aromatic heterocycles. The van der Waals surface area contributed by atoms with Crippen molar-refractivity contribution in [3.8, 4) is 0 Å². The first kappa shape index (κ1) is 11.9. The first-order chi connectivity index (χ1) is 7.65. The SMILES string of the molecule is CN(CC1CC(N)C1)C(=O)CC1CCCO1. The molecule has 16 heavy (non-hydrogen) atoms. The Labute approximate surface area is 97.1 Å². The van der Waals surface area contributed by atoms with Gasteiger partial charge < -0.3 is 15.4 Å². The molecule has 1 saturated heterocycles. The van der Waals surface area contributed by atoms with Crippen molar-refractivity contribution in [2.75, 3.05) is 20.2 Å². The molecule has 0 aromatic rings. The van der Waals surface area contributed by atoms with Crippen molar-refractivity contribution in [3.05, 3.63) is 0 Å². The quantitative estimate of drug-likeness (QED) is 0.769. The third kappa shape index (κ3) is 2.95. The largest absolute Gasteiger partial charge is 0.378 e. The zero-order chi connectivity index (χ0) is 11.5. The smallest absolute Gasteiger partial charge is 0.224 e. The van der Waals surface area contributed by atoms with Crippen LogP contribution in [0.25, 0.3) is 0 Å². The zero-order valence-corrected chi connectivity index (χ0v) is 10.0. The highest BCUT2D eigenvalue weighted by Crippen LogP contribution is 2.26. The number of ether oxygens (including phenoxy) is 1. The van der Waals surface area contributed by atoms with Crippen molar-refractivity contribution < 1.29 is 9.53 Å². The van der Waals surface area contributed by atoms with Gasteiger partial charge >= 0.3 is 0 Å². The van der Waals surface area contributed by atoms with Crippen molar-refractivity contribution in [2.45, 2.75) is 44.2 Å². The third-order valence-corrected chi connectivity index (χ3v) is 3.66. The van der Waals surface area contributed by atoms with Gasteiger partial charge in [0, 0.05) is 26.2 Å². The first-order valence-electron chi connectivity index (χ1n) is 6.26. The van der Waals surface area contributed by atoms with Gasteiger partial charge in [0.15, 0.2) is 0 Å². The maximum absolute atomic E-state index is 11.9. The maximum atomic E-state index is 11.9. The fraction of sp³-hybridized carbons (Fsp3) is 0.917. The molecule has 1 atom stereocenters. The lowest BCUT2D eigenvalue weighted by Gasteiger charge is -2.35. The Morgan fingerprint density at radius 3 is 2.81 bits per heavy atom. The van der Waals surface area contributed by atoms with Crippen molar-refractivity contribution >= 4 is 5.91 Å². The molecule has 2 aliphatic rings. The van der Waals surface area contributed by atoms with Gasteiger partial charge in [0.1, 0.15) is 0 Å². The molecule has 92 valence electrons. The Balaban J connectivity index is 1.67. The van der Waals surface area contributed by atoms with E-state index in [-0.39, 0.29) is 12.0 Å². The van der Waals surface area contributed by atoms with Gasteiger partial charge in [-0.25, -0.2) is 0 Å². The van der Waals surface area contributed by atoms with Crippen LogP contribution in [-0.4, -0.2) is 43.2 Å². The lowest BCUT2D eigenvalue weighted by atomic mass is 9.80. The highest BCUT2D eigenvalue weighted by Gasteiger charge is 2.29. The van der Waals surface area contributed by atoms with Gasteiger partial charge in [0.25, 0.3) is 0 Å². The van der Waals surface area contributed by atoms with Crippen LogP contribution in [0.2, 0.25) is 0 Å². The van der Waals surface area contributed by atoms with Crippen LogP contribution in [0.5, 0.6) is 0 Å². The van der Waals surface area contributed by atoms with Crippen molar-refractivity contribution in [1.29, 1.82) is 0 Å². The fourth-order valence-corrected chi connectivity index (χ4v) is 2.58. The van der Waals surface area contributed by atoms with E-state index in [9.17, 15) is 4.79 Å². The van der Waals surface area contributed by atoms with Gasteiger partial charge in [-0.05, 0) is 31.6 Å². The number of rotatable bonds is 4. The number of hydrogen-bond acceptors (Lipinski definition) is 3. The van der Waals surface area contributed by atoms with E-state index in [1.165, 1.54) is 0 Å². The lowest BCUT2D eigenvalue weighted by molar-refractivity contribution is -0.133. The van der Waals surface area contributed by atoms with E-state index in [1.54, 1.807) is 0 Å². The predicted molar refractivity (Wildman–Crippen MR) is 61.9 cm³/mol. The topological polar surface area (TPSA) is 55.6 Å². The van der Waals surface area contributed by atoms with E-state index in [0.717, 1.165) is 38.8 Å². The molecule has 0 bridgehead atoms. The van der Waals surface area contributed by atoms with Gasteiger partial charge in [0.05, 0.1) is 12.5 Å². The summed E-state index contributed by atoms with van der Waals surface area (Å²) >= 11 is 0. The van der Waals surface area contributed by atoms with Crippen LogP contribution in [0, 0.1) is 5.92 Å². The molecule has 1 unspecified atom stereocenters. The molecule has 0 spiro atoms. The molecule has 1 heterocycles. The van der Waals surface area contributed by atoms with Gasteiger partial charge in [0.2, 0.25) is 5.91 Å². The summed E-state index contributed by atoms with van der Waals surface area (Å²) in [6, 6.07) is 0.367. The van der Waals surface area contributed by atoms with Gasteiger partial charge in [-0.2, -0.15) is 0 Å². The molecule has 4 nitrogen and oxygen atoms in total. The average molecular weight is 226 g/mol. The Morgan fingerprint density at radius 2 is 2.25 bits per heavy atom. The van der Waals surface area contributed by atoms with E-state index in [4.69, 9.17) is 10.5 Å². The summed E-state index contributed by atoms with van der Waals surface area (Å²) in [5.74, 6) is 0.834. The number of carbonyl (C=O) groups excluding carboxylic acids is 1. The molecule has 1 aliphatic heterocycles. The van der Waals surface area contributed by atoms with Gasteiger partial charge in [-0.1, -0.05) is 0 Å². The molecule has 1 aliphatic carbocycles. The molecule has 1 saturated carbocycles. The molecule has 0 radical (unpaired) electrons. The summed E-state index contributed by atoms with van der Waals surface area (Å²) in [7, 11) is 1.89. The number of carbonyl (C=O) groups is 1. The highest BCUT2D eigenvalue weighted by atomic mass is 16.5. The Hall–Kier alpha value is -0.610. The van der Waals surface area contributed by atoms with Gasteiger partial charge in [-0.3, -0.25) is 4.79 Å². The van der Waals surface area contributed by atoms with Crippen LogP contribution in [0.4, 0.5) is 0 Å². The van der Waals surface area contributed by atoms with Crippen LogP contribution in [0.3, 0.4) is 0 Å². The highest BCUT2D eigenvalue weighted by molar-refractivity contribution is 5.76. The standard InChI is InChI=1S/C12H22N2O2/c1-14(8-9-5-10(13)6-9)12(15)7-11-3-2-4-16-11/h9-11H,2-8,13H2,1H3. The number of hydrogen-bond donors (Lipinski definition) is 1. The second-order valence-corrected chi connectivity index (χ2v) is 5.21. The van der Waals surface area contributed by atoms with Crippen LogP contribution in [0.1, 0.15) is 32.1 Å². The second-order valence-electron chi connectivity index (χ2n) is 5.21. The normalized spacial score (nSPS) is 33.5. The summed E-state index contributed by atoms with van der Waals surface area (Å²) in [5.41, 5.74) is 5.73. The zero-order valence-electron chi connectivity index (χ0n) is 10.0. The van der Waals surface area contributed by atoms with Crippen LogP contribution < -0.4 is 5.73 Å². The van der Waals surface area contributed by atoms with Crippen molar-refractivity contribution in [3.63, 3.8) is 0 Å². The number of nitrogens with zero attached hydrogens (tertiary/aromatic N) is 1. The monoisotopic (exact) mass is 226 g/mol. The van der Waals surface area contributed by atoms with Crippen LogP contribution in [0.15, 0.2) is 0 Å². The van der Waals surface area contributed by atoms with E-state index in [1.807, 2.05) is 11.9 Å². The summed E-state index contributed by atoms with van der Waals surface area (Å²) in [5, 5.41) is 0. The van der Waals surface area contributed by atoms with Gasteiger partial charge in [-0.15, -0.1) is 0 Å². The third-order valence-electron chi connectivity index (χ3n) is 3.66. The Bertz CT molecular complexity index is 245. The summed E-state index contributed by atoms with van der Waals surface area (Å²) in [6.07, 6.45) is 4.98. The predicted octanol–water partition coefficient (Wildman–Crippen LogP) is 0.751. The Morgan fingerprint density at radius 1 is 1.50 bits per heavy atom. The minimum atomic E-state index is 0.165. The molecule has 4 heteroatoms. The molecule has 2 N–H and O–H groups in total. The molecule has 0 aromatic carbocycles. The molecule has 2 rings (SSSR count). The van der Waals surface area contributed by atoms with Crippen molar-refractivity contribution in [1.82, 2.24) is 4.90 Å². The van der Waals surface area contributed by atoms with Crippen LogP contribution in [-0.2, 0) is 9.53 Å². The minimum Gasteiger partial charge on any atom is -0.378 e. The fourth-order valence-electron chi connectivity index (χ4n) is 2.58. The molecule has 1 amide bonds. The summed E-state index contributed by atoms with van der Waals surface area (Å²) in [4.78, 5) is 13.7. The average Bonchev–Trinajstić information content (AvgIpc) is 2.68. The van der Waals surface area contributed by atoms with E-state index < -0.39 is 0 Å². The summed E-state index contributed by atoms with van der Waals surface area (Å²) < 4.78 is 5.47. The summed E-state index contributed by atoms with van der Waals surface area (Å²) in [6.45, 7) is 1.68. The van der Waals surface area contributed by atoms with Crippen LogP contribution >= 0.6 is 0 Å². The number of nitrogens with two attached hydrogens (primary N) is 1. The molecule has 2 fully saturated rings. The van der Waals surface area contributed by atoms with Crippen molar-refractivity contribution in [2.24, 2.45) is 11.7 Å². The molecular weight excluding hydrogens is 204 g/mol. The second kappa shape index (κ2) is 5.15.